The topological polar surface area (TPSA) is 84.0 Å². The van der Waals surface area contributed by atoms with Crippen LogP contribution in [-0.2, 0) is 10.0 Å². The molecule has 6 nitrogen and oxygen atoms in total. The third-order valence-corrected chi connectivity index (χ3v) is 5.53. The van der Waals surface area contributed by atoms with E-state index in [1.165, 1.54) is 18.2 Å². The zero-order valence-electron chi connectivity index (χ0n) is 15.1. The first kappa shape index (κ1) is 18.8. The third-order valence-electron chi connectivity index (χ3n) is 3.87. The van der Waals surface area contributed by atoms with Gasteiger partial charge in [-0.3, -0.25) is 4.72 Å². The molecule has 0 aliphatic heterocycles. The smallest absolute Gasteiger partial charge is 0.263 e. The van der Waals surface area contributed by atoms with Crippen LogP contribution in [0.25, 0.3) is 0 Å². The van der Waals surface area contributed by atoms with Gasteiger partial charge in [0.1, 0.15) is 5.82 Å². The highest BCUT2D eigenvalue weighted by atomic mass is 32.2. The molecular weight excluding hydrogens is 367 g/mol. The van der Waals surface area contributed by atoms with Crippen LogP contribution in [-0.4, -0.2) is 18.6 Å². The summed E-state index contributed by atoms with van der Waals surface area (Å²) < 4.78 is 41.1. The van der Waals surface area contributed by atoms with Crippen LogP contribution in [0.4, 0.5) is 21.7 Å². The summed E-state index contributed by atoms with van der Waals surface area (Å²) in [6, 6.07) is 12.6. The van der Waals surface area contributed by atoms with Crippen molar-refractivity contribution in [3.05, 3.63) is 71.0 Å². The molecule has 27 heavy (non-hydrogen) atoms. The highest BCUT2D eigenvalue weighted by Crippen LogP contribution is 2.24. The molecule has 0 saturated heterocycles. The van der Waals surface area contributed by atoms with Gasteiger partial charge in [0.25, 0.3) is 10.0 Å². The molecule has 0 saturated carbocycles. The van der Waals surface area contributed by atoms with Gasteiger partial charge in [-0.1, -0.05) is 23.8 Å². The lowest BCUT2D eigenvalue weighted by Crippen LogP contribution is -2.17. The SMILES string of the molecule is Cc1cc(C)c(S(=O)(=O)Nc2ccc(Nc3cccc(F)c3)nn2)c(C)c1. The summed E-state index contributed by atoms with van der Waals surface area (Å²) in [5.41, 5.74) is 2.84. The van der Waals surface area contributed by atoms with Gasteiger partial charge in [0.2, 0.25) is 0 Å². The second-order valence-corrected chi connectivity index (χ2v) is 7.89. The van der Waals surface area contributed by atoms with E-state index in [1.54, 1.807) is 32.0 Å². The molecular formula is C19H19FN4O2S. The summed E-state index contributed by atoms with van der Waals surface area (Å²) in [4.78, 5) is 0.233. The van der Waals surface area contributed by atoms with Crippen molar-refractivity contribution in [2.24, 2.45) is 0 Å². The minimum atomic E-state index is -3.79. The molecule has 1 heterocycles. The molecule has 0 aliphatic carbocycles. The summed E-state index contributed by atoms with van der Waals surface area (Å²) in [5.74, 6) is 0.0894. The standard InChI is InChI=1S/C19H19FN4O2S/c1-12-9-13(2)19(14(3)10-12)27(25,26)24-18-8-7-17(22-23-18)21-16-6-4-5-15(20)11-16/h4-11H,1-3H3,(H,21,22)(H,23,24). The van der Waals surface area contributed by atoms with E-state index in [0.717, 1.165) is 5.56 Å². The van der Waals surface area contributed by atoms with Crippen LogP contribution in [0.2, 0.25) is 0 Å². The van der Waals surface area contributed by atoms with E-state index in [0.29, 0.717) is 22.6 Å². The van der Waals surface area contributed by atoms with Gasteiger partial charge in [-0.2, -0.15) is 0 Å². The third kappa shape index (κ3) is 4.40. The number of rotatable bonds is 5. The maximum absolute atomic E-state index is 13.2. The number of hydrogen-bond donors (Lipinski definition) is 2. The Morgan fingerprint density at radius 3 is 2.11 bits per heavy atom. The van der Waals surface area contributed by atoms with E-state index < -0.39 is 10.0 Å². The van der Waals surface area contributed by atoms with Crippen LogP contribution < -0.4 is 10.0 Å². The maximum atomic E-state index is 13.2. The van der Waals surface area contributed by atoms with Crippen molar-refractivity contribution in [1.82, 2.24) is 10.2 Å². The van der Waals surface area contributed by atoms with Crippen molar-refractivity contribution in [2.45, 2.75) is 25.7 Å². The first-order chi connectivity index (χ1) is 12.7. The highest BCUT2D eigenvalue weighted by Gasteiger charge is 2.20. The van der Waals surface area contributed by atoms with Gasteiger partial charge in [0.05, 0.1) is 4.90 Å². The Labute approximate surface area is 157 Å². The fourth-order valence-electron chi connectivity index (χ4n) is 2.95. The number of benzene rings is 2. The summed E-state index contributed by atoms with van der Waals surface area (Å²) in [6.45, 7) is 5.43. The molecule has 1 aromatic heterocycles. The number of aryl methyl sites for hydroxylation is 3. The minimum absolute atomic E-state index is 0.0965. The Hall–Kier alpha value is -3.00. The van der Waals surface area contributed by atoms with Crippen LogP contribution in [0.5, 0.6) is 0 Å². The number of aromatic nitrogens is 2. The van der Waals surface area contributed by atoms with E-state index in [1.807, 2.05) is 19.1 Å². The molecule has 0 aliphatic rings. The fraction of sp³-hybridized carbons (Fsp3) is 0.158. The average molecular weight is 386 g/mol. The lowest BCUT2D eigenvalue weighted by molar-refractivity contribution is 0.599. The Morgan fingerprint density at radius 2 is 1.52 bits per heavy atom. The minimum Gasteiger partial charge on any atom is -0.339 e. The number of hydrogen-bond acceptors (Lipinski definition) is 5. The van der Waals surface area contributed by atoms with E-state index >= 15 is 0 Å². The number of anilines is 3. The van der Waals surface area contributed by atoms with Crippen LogP contribution >= 0.6 is 0 Å². The zero-order valence-corrected chi connectivity index (χ0v) is 15.9. The van der Waals surface area contributed by atoms with Gasteiger partial charge < -0.3 is 5.32 Å². The van der Waals surface area contributed by atoms with E-state index in [2.05, 4.69) is 20.2 Å². The number of nitrogens with one attached hydrogen (secondary N) is 2. The van der Waals surface area contributed by atoms with Crippen LogP contribution in [0.3, 0.4) is 0 Å². The van der Waals surface area contributed by atoms with Gasteiger partial charge >= 0.3 is 0 Å². The molecule has 2 N–H and O–H groups in total. The Bertz CT molecular complexity index is 1060. The largest absolute Gasteiger partial charge is 0.339 e. The first-order valence-corrected chi connectivity index (χ1v) is 9.70. The van der Waals surface area contributed by atoms with Gasteiger partial charge in [-0.15, -0.1) is 10.2 Å². The summed E-state index contributed by atoms with van der Waals surface area (Å²) in [7, 11) is -3.79. The summed E-state index contributed by atoms with van der Waals surface area (Å²) in [6.07, 6.45) is 0. The number of halogens is 1. The molecule has 0 bridgehead atoms. The maximum Gasteiger partial charge on any atom is 0.263 e. The molecule has 0 unspecified atom stereocenters. The second-order valence-electron chi connectivity index (χ2n) is 6.27. The predicted molar refractivity (Wildman–Crippen MR) is 103 cm³/mol. The first-order valence-electron chi connectivity index (χ1n) is 8.21. The van der Waals surface area contributed by atoms with Crippen LogP contribution in [0, 0.1) is 26.6 Å². The molecule has 8 heteroatoms. The van der Waals surface area contributed by atoms with Crippen LogP contribution in [0.15, 0.2) is 53.4 Å². The number of nitrogens with zero attached hydrogens (tertiary/aromatic N) is 2. The van der Waals surface area contributed by atoms with E-state index in [9.17, 15) is 12.8 Å². The quantitative estimate of drug-likeness (QED) is 0.690. The molecule has 0 radical (unpaired) electrons. The summed E-state index contributed by atoms with van der Waals surface area (Å²) in [5, 5.41) is 10.7. The van der Waals surface area contributed by atoms with E-state index in [4.69, 9.17) is 0 Å². The lowest BCUT2D eigenvalue weighted by atomic mass is 10.1. The van der Waals surface area contributed by atoms with Gasteiger partial charge in [0, 0.05) is 5.69 Å². The van der Waals surface area contributed by atoms with Crippen molar-refractivity contribution < 1.29 is 12.8 Å². The molecule has 0 spiro atoms. The molecule has 2 aromatic carbocycles. The summed E-state index contributed by atoms with van der Waals surface area (Å²) >= 11 is 0. The normalized spacial score (nSPS) is 11.3. The number of sulfonamides is 1. The van der Waals surface area contributed by atoms with Gasteiger partial charge in [-0.25, -0.2) is 12.8 Å². The van der Waals surface area contributed by atoms with Crippen molar-refractivity contribution in [2.75, 3.05) is 10.0 Å². The lowest BCUT2D eigenvalue weighted by Gasteiger charge is -2.13. The van der Waals surface area contributed by atoms with Crippen molar-refractivity contribution in [3.63, 3.8) is 0 Å². The van der Waals surface area contributed by atoms with Crippen molar-refractivity contribution in [1.29, 1.82) is 0 Å². The highest BCUT2D eigenvalue weighted by molar-refractivity contribution is 7.92. The molecule has 140 valence electrons. The molecule has 3 aromatic rings. The molecule has 3 rings (SSSR count). The Balaban J connectivity index is 1.80. The Morgan fingerprint density at radius 1 is 0.889 bits per heavy atom. The monoisotopic (exact) mass is 386 g/mol. The van der Waals surface area contributed by atoms with Gasteiger partial charge in [0.15, 0.2) is 11.6 Å². The van der Waals surface area contributed by atoms with Crippen molar-refractivity contribution >= 4 is 27.3 Å². The van der Waals surface area contributed by atoms with E-state index in [-0.39, 0.29) is 16.5 Å². The second kappa shape index (κ2) is 7.32. The Kier molecular flexibility index (Phi) is 5.09. The molecule has 0 fully saturated rings. The zero-order chi connectivity index (χ0) is 19.6. The van der Waals surface area contributed by atoms with Crippen molar-refractivity contribution in [3.8, 4) is 0 Å². The molecule has 0 atom stereocenters. The fourth-order valence-corrected chi connectivity index (χ4v) is 4.40. The van der Waals surface area contributed by atoms with Gasteiger partial charge in [-0.05, 0) is 62.2 Å². The molecule has 0 amide bonds. The van der Waals surface area contributed by atoms with Crippen LogP contribution in [0.1, 0.15) is 16.7 Å². The average Bonchev–Trinajstić information content (AvgIpc) is 2.55. The predicted octanol–water partition coefficient (Wildman–Crippen LogP) is 4.09.